The van der Waals surface area contributed by atoms with Crippen LogP contribution in [0.25, 0.3) is 0 Å². The molecule has 2 aliphatic heterocycles. The summed E-state index contributed by atoms with van der Waals surface area (Å²) in [6, 6.07) is 4.06. The molecular weight excluding hydrogens is 366 g/mol. The molecule has 162 valence electrons. The first kappa shape index (κ1) is 22.0. The zero-order valence-corrected chi connectivity index (χ0v) is 18.4. The van der Waals surface area contributed by atoms with Crippen LogP contribution in [0.5, 0.6) is 0 Å². The molecule has 0 bridgehead atoms. The summed E-state index contributed by atoms with van der Waals surface area (Å²) in [6.07, 6.45) is 10.0. The molecule has 0 saturated carbocycles. The molecule has 2 fully saturated rings. The number of carbonyl (C=O) groups is 1. The van der Waals surface area contributed by atoms with Crippen molar-refractivity contribution in [1.82, 2.24) is 14.8 Å². The highest BCUT2D eigenvalue weighted by atomic mass is 16.6. The summed E-state index contributed by atoms with van der Waals surface area (Å²) in [6.45, 7) is 11.3. The monoisotopic (exact) mass is 403 g/mol. The summed E-state index contributed by atoms with van der Waals surface area (Å²) in [5.41, 5.74) is 0.274. The second-order valence-corrected chi connectivity index (χ2v) is 9.31. The summed E-state index contributed by atoms with van der Waals surface area (Å²) in [4.78, 5) is 21.1. The molecule has 0 unspecified atom stereocenters. The molecule has 2 saturated heterocycles. The van der Waals surface area contributed by atoms with Crippen molar-refractivity contribution in [2.45, 2.75) is 70.5 Å². The van der Waals surface area contributed by atoms with E-state index in [4.69, 9.17) is 9.47 Å². The third-order valence-corrected chi connectivity index (χ3v) is 5.86. The topological polar surface area (TPSA) is 54.9 Å². The van der Waals surface area contributed by atoms with Crippen molar-refractivity contribution in [2.75, 3.05) is 39.3 Å². The lowest BCUT2D eigenvalue weighted by molar-refractivity contribution is -0.0922. The van der Waals surface area contributed by atoms with Crippen LogP contribution in [0.15, 0.2) is 24.5 Å². The van der Waals surface area contributed by atoms with Gasteiger partial charge >= 0.3 is 6.09 Å². The number of nitrogens with zero attached hydrogens (tertiary/aromatic N) is 3. The highest BCUT2D eigenvalue weighted by molar-refractivity contribution is 5.68. The minimum absolute atomic E-state index is 0.234. The SMILES string of the molecule is CC(C)(C)OC(=O)N1CCC(OCCCN2CCCCC2)(c2cccnc2)CC1. The second kappa shape index (κ2) is 9.90. The Balaban J connectivity index is 1.57. The number of aromatic nitrogens is 1. The second-order valence-electron chi connectivity index (χ2n) is 9.31. The van der Waals surface area contributed by atoms with Crippen molar-refractivity contribution >= 4 is 6.09 Å². The number of pyridine rings is 1. The van der Waals surface area contributed by atoms with Crippen LogP contribution in [-0.2, 0) is 15.1 Å². The Morgan fingerprint density at radius 1 is 1.14 bits per heavy atom. The van der Waals surface area contributed by atoms with Gasteiger partial charge in [-0.1, -0.05) is 12.5 Å². The summed E-state index contributed by atoms with van der Waals surface area (Å²) < 4.78 is 12.1. The average Bonchev–Trinajstić information content (AvgIpc) is 2.72. The largest absolute Gasteiger partial charge is 0.444 e. The normalized spacial score (nSPS) is 20.4. The summed E-state index contributed by atoms with van der Waals surface area (Å²) in [7, 11) is 0. The van der Waals surface area contributed by atoms with Gasteiger partial charge in [-0.2, -0.15) is 0 Å². The van der Waals surface area contributed by atoms with Crippen molar-refractivity contribution < 1.29 is 14.3 Å². The maximum absolute atomic E-state index is 12.4. The fraction of sp³-hybridized carbons (Fsp3) is 0.739. The van der Waals surface area contributed by atoms with E-state index in [1.807, 2.05) is 33.0 Å². The van der Waals surface area contributed by atoms with Crippen LogP contribution in [0.2, 0.25) is 0 Å². The fourth-order valence-corrected chi connectivity index (χ4v) is 4.26. The van der Waals surface area contributed by atoms with Crippen LogP contribution in [0, 0.1) is 0 Å². The lowest BCUT2D eigenvalue weighted by Gasteiger charge is -2.42. The molecule has 0 radical (unpaired) electrons. The minimum Gasteiger partial charge on any atom is -0.444 e. The van der Waals surface area contributed by atoms with Crippen molar-refractivity contribution in [3.05, 3.63) is 30.1 Å². The number of hydrogen-bond acceptors (Lipinski definition) is 5. The molecular formula is C23H37N3O3. The van der Waals surface area contributed by atoms with Crippen molar-refractivity contribution in [1.29, 1.82) is 0 Å². The molecule has 6 nitrogen and oxygen atoms in total. The van der Waals surface area contributed by atoms with Gasteiger partial charge in [0.1, 0.15) is 5.60 Å². The minimum atomic E-state index is -0.472. The summed E-state index contributed by atoms with van der Waals surface area (Å²) >= 11 is 0. The maximum atomic E-state index is 12.4. The first-order valence-electron chi connectivity index (χ1n) is 11.1. The number of likely N-dealkylation sites (tertiary alicyclic amines) is 2. The first-order chi connectivity index (χ1) is 13.9. The molecule has 2 aliphatic rings. The lowest BCUT2D eigenvalue weighted by atomic mass is 9.85. The van der Waals surface area contributed by atoms with Gasteiger partial charge in [-0.15, -0.1) is 0 Å². The Kier molecular flexibility index (Phi) is 7.52. The Bertz CT molecular complexity index is 631. The van der Waals surface area contributed by atoms with Gasteiger partial charge in [0, 0.05) is 44.2 Å². The van der Waals surface area contributed by atoms with E-state index in [-0.39, 0.29) is 11.7 Å². The van der Waals surface area contributed by atoms with E-state index in [9.17, 15) is 4.79 Å². The lowest BCUT2D eigenvalue weighted by Crippen LogP contribution is -2.48. The summed E-state index contributed by atoms with van der Waals surface area (Å²) in [5, 5.41) is 0. The van der Waals surface area contributed by atoms with Crippen molar-refractivity contribution in [2.24, 2.45) is 0 Å². The molecule has 3 heterocycles. The van der Waals surface area contributed by atoms with Crippen LogP contribution < -0.4 is 0 Å². The van der Waals surface area contributed by atoms with Gasteiger partial charge in [-0.3, -0.25) is 4.98 Å². The molecule has 0 spiro atoms. The standard InChI is InChI=1S/C23H37N3O3/c1-22(2,3)29-21(27)26-16-10-23(11-17-26,20-9-7-12-24-19-20)28-18-8-15-25-13-5-4-6-14-25/h7,9,12,19H,4-6,8,10-11,13-18H2,1-3H3. The van der Waals surface area contributed by atoms with E-state index >= 15 is 0 Å². The molecule has 29 heavy (non-hydrogen) atoms. The predicted octanol–water partition coefficient (Wildman–Crippen LogP) is 4.20. The van der Waals surface area contributed by atoms with Crippen molar-refractivity contribution in [3.8, 4) is 0 Å². The van der Waals surface area contributed by atoms with Gasteiger partial charge in [0.25, 0.3) is 0 Å². The van der Waals surface area contributed by atoms with Crippen LogP contribution >= 0.6 is 0 Å². The summed E-state index contributed by atoms with van der Waals surface area (Å²) in [5.74, 6) is 0. The third-order valence-electron chi connectivity index (χ3n) is 5.86. The molecule has 0 N–H and O–H groups in total. The van der Waals surface area contributed by atoms with E-state index < -0.39 is 5.60 Å². The molecule has 1 amide bonds. The number of rotatable bonds is 6. The molecule has 0 atom stereocenters. The van der Waals surface area contributed by atoms with Gasteiger partial charge in [0.2, 0.25) is 0 Å². The molecule has 1 aromatic heterocycles. The van der Waals surface area contributed by atoms with Gasteiger partial charge in [0.15, 0.2) is 0 Å². The number of piperidine rings is 2. The molecule has 3 rings (SSSR count). The fourth-order valence-electron chi connectivity index (χ4n) is 4.26. The Labute approximate surface area is 175 Å². The molecule has 0 aromatic carbocycles. The Hall–Kier alpha value is -1.66. The van der Waals surface area contributed by atoms with E-state index in [1.54, 1.807) is 11.1 Å². The van der Waals surface area contributed by atoms with E-state index in [0.29, 0.717) is 13.1 Å². The maximum Gasteiger partial charge on any atom is 0.410 e. The van der Waals surface area contributed by atoms with E-state index in [1.165, 1.54) is 32.4 Å². The van der Waals surface area contributed by atoms with Crippen LogP contribution in [0.1, 0.15) is 64.9 Å². The molecule has 0 aliphatic carbocycles. The number of amides is 1. The smallest absolute Gasteiger partial charge is 0.410 e. The predicted molar refractivity (Wildman–Crippen MR) is 114 cm³/mol. The Morgan fingerprint density at radius 3 is 2.48 bits per heavy atom. The van der Waals surface area contributed by atoms with Crippen LogP contribution in [0.3, 0.4) is 0 Å². The van der Waals surface area contributed by atoms with E-state index in [0.717, 1.165) is 38.0 Å². The Morgan fingerprint density at radius 2 is 1.86 bits per heavy atom. The highest BCUT2D eigenvalue weighted by Gasteiger charge is 2.39. The quantitative estimate of drug-likeness (QED) is 0.666. The number of carbonyl (C=O) groups excluding carboxylic acids is 1. The van der Waals surface area contributed by atoms with Gasteiger partial charge < -0.3 is 19.3 Å². The molecule has 1 aromatic rings. The highest BCUT2D eigenvalue weighted by Crippen LogP contribution is 2.37. The van der Waals surface area contributed by atoms with Crippen molar-refractivity contribution in [3.63, 3.8) is 0 Å². The number of ether oxygens (including phenoxy) is 2. The van der Waals surface area contributed by atoms with Gasteiger partial charge in [-0.05, 0) is 72.0 Å². The van der Waals surface area contributed by atoms with E-state index in [2.05, 4.69) is 16.0 Å². The van der Waals surface area contributed by atoms with Gasteiger partial charge in [0.05, 0.1) is 5.60 Å². The number of hydrogen-bond donors (Lipinski definition) is 0. The van der Waals surface area contributed by atoms with Gasteiger partial charge in [-0.25, -0.2) is 4.79 Å². The zero-order valence-electron chi connectivity index (χ0n) is 18.4. The zero-order chi connectivity index (χ0) is 20.7. The average molecular weight is 404 g/mol. The molecule has 6 heteroatoms. The van der Waals surface area contributed by atoms with Crippen LogP contribution in [-0.4, -0.2) is 65.8 Å². The van der Waals surface area contributed by atoms with Crippen LogP contribution in [0.4, 0.5) is 4.79 Å². The first-order valence-corrected chi connectivity index (χ1v) is 11.1. The third kappa shape index (κ3) is 6.41.